The lowest BCUT2D eigenvalue weighted by Gasteiger charge is -2.34. The summed E-state index contributed by atoms with van der Waals surface area (Å²) in [6.07, 6.45) is 3.52. The predicted molar refractivity (Wildman–Crippen MR) is 151 cm³/mol. The zero-order valence-corrected chi connectivity index (χ0v) is 23.2. The Morgan fingerprint density at radius 1 is 1.00 bits per heavy atom. The summed E-state index contributed by atoms with van der Waals surface area (Å²) in [4.78, 5) is 27.3. The van der Waals surface area contributed by atoms with Gasteiger partial charge in [-0.3, -0.25) is 15.2 Å². The number of carbonyl (C=O) groups is 2. The average Bonchev–Trinajstić information content (AvgIpc) is 2.94. The van der Waals surface area contributed by atoms with Gasteiger partial charge in [-0.2, -0.15) is 0 Å². The third-order valence-corrected chi connectivity index (χ3v) is 7.29. The Kier molecular flexibility index (Phi) is 9.12. The summed E-state index contributed by atoms with van der Waals surface area (Å²) in [7, 11) is 3.04. The Hall–Kier alpha value is -3.72. The largest absolute Gasteiger partial charge is 0.497 e. The van der Waals surface area contributed by atoms with Crippen LogP contribution in [-0.4, -0.2) is 44.3 Å². The molecule has 0 aromatic heterocycles. The van der Waals surface area contributed by atoms with Crippen LogP contribution in [0.15, 0.2) is 65.1 Å². The number of aromatic carboxylic acids is 1. The Morgan fingerprint density at radius 2 is 1.76 bits per heavy atom. The number of methoxy groups -OCH3 is 2. The van der Waals surface area contributed by atoms with Crippen LogP contribution in [0.25, 0.3) is 0 Å². The molecule has 1 fully saturated rings. The number of amides is 1. The molecular weight excluding hydrogens is 550 g/mol. The van der Waals surface area contributed by atoms with Crippen molar-refractivity contribution < 1.29 is 24.2 Å². The minimum atomic E-state index is -1.10. The van der Waals surface area contributed by atoms with Gasteiger partial charge >= 0.3 is 5.97 Å². The van der Waals surface area contributed by atoms with Crippen molar-refractivity contribution >= 4 is 39.2 Å². The van der Waals surface area contributed by atoms with E-state index in [9.17, 15) is 14.7 Å². The molecule has 1 amide bonds. The van der Waals surface area contributed by atoms with E-state index >= 15 is 0 Å². The van der Waals surface area contributed by atoms with Crippen LogP contribution in [0.4, 0.5) is 11.4 Å². The molecule has 2 N–H and O–H groups in total. The van der Waals surface area contributed by atoms with Crippen LogP contribution in [0, 0.1) is 0 Å². The fourth-order valence-electron chi connectivity index (χ4n) is 4.66. The Bertz CT molecular complexity index is 1290. The molecule has 38 heavy (non-hydrogen) atoms. The second kappa shape index (κ2) is 12.7. The van der Waals surface area contributed by atoms with Gasteiger partial charge in [-0.1, -0.05) is 40.2 Å². The quantitative estimate of drug-likeness (QED) is 0.308. The number of nitrogens with zero attached hydrogens (tertiary/aromatic N) is 2. The molecule has 8 nitrogen and oxygen atoms in total. The number of hydrazine groups is 1. The third kappa shape index (κ3) is 6.58. The van der Waals surface area contributed by atoms with Crippen LogP contribution in [0.2, 0.25) is 0 Å². The van der Waals surface area contributed by atoms with Crippen LogP contribution in [0.1, 0.15) is 40.7 Å². The lowest BCUT2D eigenvalue weighted by Crippen LogP contribution is -2.44. The maximum atomic E-state index is 13.4. The number of hydrogen-bond acceptors (Lipinski definition) is 6. The van der Waals surface area contributed by atoms with Gasteiger partial charge in [0.2, 0.25) is 5.91 Å². The van der Waals surface area contributed by atoms with Crippen molar-refractivity contribution in [3.05, 3.63) is 81.8 Å². The molecule has 4 rings (SSSR count). The Balaban J connectivity index is 1.64. The normalized spacial score (nSPS) is 13.1. The van der Waals surface area contributed by atoms with Crippen molar-refractivity contribution in [3.8, 4) is 11.5 Å². The molecule has 0 atom stereocenters. The van der Waals surface area contributed by atoms with Gasteiger partial charge in [0.05, 0.1) is 38.6 Å². The number of benzene rings is 3. The number of hydrogen-bond donors (Lipinski definition) is 2. The molecular formula is C29H32BrN3O5. The molecule has 0 aliphatic carbocycles. The lowest BCUT2D eigenvalue weighted by molar-refractivity contribution is -0.120. The van der Waals surface area contributed by atoms with Gasteiger partial charge < -0.3 is 19.5 Å². The maximum Gasteiger partial charge on any atom is 0.339 e. The molecule has 1 aliphatic heterocycles. The minimum absolute atomic E-state index is 0.0251. The number of ether oxygens (including phenoxy) is 2. The summed E-state index contributed by atoms with van der Waals surface area (Å²) in [6.45, 7) is 2.37. The molecule has 1 heterocycles. The van der Waals surface area contributed by atoms with Gasteiger partial charge in [0.1, 0.15) is 17.1 Å². The molecule has 3 aromatic rings. The summed E-state index contributed by atoms with van der Waals surface area (Å²) in [5.74, 6) is -0.399. The standard InChI is InChI=1S/C29H32BrN3O5/c1-37-22-10-8-9-20(15-22)19-33(26-12-5-4-11-25(26)32-13-6-3-7-14-32)31-28(34)17-21-16-27(38-2)23(29(35)36)18-24(21)30/h4-5,8-12,15-16,18H,3,6-7,13-14,17,19H2,1-2H3,(H,31,34)(H,35,36). The second-order valence-electron chi connectivity index (χ2n) is 9.13. The predicted octanol–water partition coefficient (Wildman–Crippen LogP) is 5.44. The minimum Gasteiger partial charge on any atom is -0.497 e. The highest BCUT2D eigenvalue weighted by Crippen LogP contribution is 2.32. The van der Waals surface area contributed by atoms with E-state index in [4.69, 9.17) is 9.47 Å². The number of carboxylic acid groups (broad SMARTS) is 1. The van der Waals surface area contributed by atoms with Crippen molar-refractivity contribution in [3.63, 3.8) is 0 Å². The van der Waals surface area contributed by atoms with E-state index in [0.29, 0.717) is 16.6 Å². The van der Waals surface area contributed by atoms with Crippen LogP contribution >= 0.6 is 15.9 Å². The summed E-state index contributed by atoms with van der Waals surface area (Å²) in [6, 6.07) is 18.9. The van der Waals surface area contributed by atoms with Gasteiger partial charge in [-0.15, -0.1) is 0 Å². The molecule has 1 saturated heterocycles. The number of carbonyl (C=O) groups excluding carboxylic acids is 1. The van der Waals surface area contributed by atoms with Crippen molar-refractivity contribution in [2.24, 2.45) is 0 Å². The first-order valence-corrected chi connectivity index (χ1v) is 13.3. The van der Waals surface area contributed by atoms with E-state index in [1.165, 1.54) is 19.6 Å². The van der Waals surface area contributed by atoms with Gasteiger partial charge in [0.15, 0.2) is 0 Å². The first-order valence-electron chi connectivity index (χ1n) is 12.5. The Morgan fingerprint density at radius 3 is 2.47 bits per heavy atom. The van der Waals surface area contributed by atoms with Crippen molar-refractivity contribution in [2.45, 2.75) is 32.2 Å². The van der Waals surface area contributed by atoms with E-state index < -0.39 is 5.97 Å². The fourth-order valence-corrected chi connectivity index (χ4v) is 5.15. The van der Waals surface area contributed by atoms with E-state index in [-0.39, 0.29) is 23.6 Å². The van der Waals surface area contributed by atoms with E-state index in [1.54, 1.807) is 13.2 Å². The second-order valence-corrected chi connectivity index (χ2v) is 9.99. The fraction of sp³-hybridized carbons (Fsp3) is 0.310. The van der Waals surface area contributed by atoms with E-state index in [0.717, 1.165) is 48.6 Å². The monoisotopic (exact) mass is 581 g/mol. The van der Waals surface area contributed by atoms with Crippen LogP contribution in [0.5, 0.6) is 11.5 Å². The van der Waals surface area contributed by atoms with E-state index in [2.05, 4.69) is 32.3 Å². The molecule has 200 valence electrons. The summed E-state index contributed by atoms with van der Waals surface area (Å²) >= 11 is 3.42. The topological polar surface area (TPSA) is 91.3 Å². The molecule has 3 aromatic carbocycles. The molecule has 1 aliphatic rings. The highest BCUT2D eigenvalue weighted by Gasteiger charge is 2.21. The SMILES string of the molecule is COc1cccc(CN(NC(=O)Cc2cc(OC)c(C(=O)O)cc2Br)c2ccccc2N2CCCCC2)c1. The van der Waals surface area contributed by atoms with Gasteiger partial charge in [0, 0.05) is 17.6 Å². The first-order chi connectivity index (χ1) is 18.4. The molecule has 0 bridgehead atoms. The third-order valence-electron chi connectivity index (χ3n) is 6.55. The molecule has 9 heteroatoms. The number of nitrogens with one attached hydrogen (secondary N) is 1. The number of piperidine rings is 1. The zero-order valence-electron chi connectivity index (χ0n) is 21.6. The van der Waals surface area contributed by atoms with Gasteiger partial charge in [-0.05, 0) is 66.8 Å². The molecule has 0 unspecified atom stereocenters. The zero-order chi connectivity index (χ0) is 27.1. The van der Waals surface area contributed by atoms with Crippen LogP contribution in [-0.2, 0) is 17.8 Å². The van der Waals surface area contributed by atoms with Crippen molar-refractivity contribution in [1.29, 1.82) is 0 Å². The average molecular weight is 582 g/mol. The van der Waals surface area contributed by atoms with Crippen molar-refractivity contribution in [1.82, 2.24) is 5.43 Å². The maximum absolute atomic E-state index is 13.4. The molecule has 0 radical (unpaired) electrons. The number of carboxylic acids is 1. The first kappa shape index (κ1) is 27.3. The number of rotatable bonds is 10. The van der Waals surface area contributed by atoms with E-state index in [1.807, 2.05) is 47.5 Å². The van der Waals surface area contributed by atoms with Crippen molar-refractivity contribution in [2.75, 3.05) is 37.2 Å². The summed E-state index contributed by atoms with van der Waals surface area (Å²) < 4.78 is 11.2. The van der Waals surface area contributed by atoms with Crippen LogP contribution in [0.3, 0.4) is 0 Å². The Labute approximate surface area is 231 Å². The smallest absolute Gasteiger partial charge is 0.339 e. The van der Waals surface area contributed by atoms with Gasteiger partial charge in [0.25, 0.3) is 0 Å². The number of halogens is 1. The van der Waals surface area contributed by atoms with Gasteiger partial charge in [-0.25, -0.2) is 4.79 Å². The number of anilines is 2. The lowest BCUT2D eigenvalue weighted by atomic mass is 10.1. The highest BCUT2D eigenvalue weighted by molar-refractivity contribution is 9.10. The molecule has 0 spiro atoms. The summed E-state index contributed by atoms with van der Waals surface area (Å²) in [5.41, 5.74) is 6.70. The molecule has 0 saturated carbocycles. The summed E-state index contributed by atoms with van der Waals surface area (Å²) in [5, 5.41) is 11.3. The number of para-hydroxylation sites is 2. The van der Waals surface area contributed by atoms with Crippen LogP contribution < -0.4 is 24.8 Å². The highest BCUT2D eigenvalue weighted by atomic mass is 79.9.